The van der Waals surface area contributed by atoms with E-state index in [1.165, 1.54) is 0 Å². The van der Waals surface area contributed by atoms with Gasteiger partial charge in [0.2, 0.25) is 0 Å². The van der Waals surface area contributed by atoms with E-state index in [4.69, 9.17) is 4.74 Å². The highest BCUT2D eigenvalue weighted by molar-refractivity contribution is 5.91. The number of nitrogens with zero attached hydrogens (tertiary/aromatic N) is 3. The Morgan fingerprint density at radius 1 is 1.24 bits per heavy atom. The summed E-state index contributed by atoms with van der Waals surface area (Å²) in [4.78, 5) is 14.5. The maximum absolute atomic E-state index is 12.2. The first-order valence-electron chi connectivity index (χ1n) is 8.69. The van der Waals surface area contributed by atoms with Crippen molar-refractivity contribution in [1.29, 1.82) is 0 Å². The van der Waals surface area contributed by atoms with Gasteiger partial charge in [0.15, 0.2) is 0 Å². The summed E-state index contributed by atoms with van der Waals surface area (Å²) in [6.07, 6.45) is 2.79. The first-order chi connectivity index (χ1) is 12.2. The zero-order chi connectivity index (χ0) is 17.5. The molecule has 1 aliphatic heterocycles. The van der Waals surface area contributed by atoms with Gasteiger partial charge in [-0.1, -0.05) is 12.1 Å². The lowest BCUT2D eigenvalue weighted by Crippen LogP contribution is -2.38. The topological polar surface area (TPSA) is 71.4 Å². The number of hydrogen-bond acceptors (Lipinski definition) is 4. The second kappa shape index (κ2) is 8.64. The van der Waals surface area contributed by atoms with E-state index >= 15 is 0 Å². The van der Waals surface area contributed by atoms with Gasteiger partial charge < -0.3 is 15.4 Å². The predicted octanol–water partition coefficient (Wildman–Crippen LogP) is 2.02. The highest BCUT2D eigenvalue weighted by atomic mass is 16.5. The summed E-state index contributed by atoms with van der Waals surface area (Å²) in [6, 6.07) is 9.37. The van der Waals surface area contributed by atoms with E-state index in [1.807, 2.05) is 41.9 Å². The summed E-state index contributed by atoms with van der Waals surface area (Å²) in [5, 5.41) is 10.2. The standard InChI is InChI=1S/C18H25N5O2/c1-15-7-8-20-23(15)17-6-3-2-5-16(17)21-18(24)19-9-11-22-10-4-13-25-14-12-22/h2-3,5-8H,4,9-14H2,1H3,(H2,19,21,24). The summed E-state index contributed by atoms with van der Waals surface area (Å²) in [7, 11) is 0. The first-order valence-corrected chi connectivity index (χ1v) is 8.69. The molecule has 0 spiro atoms. The van der Waals surface area contributed by atoms with Crippen LogP contribution in [0.3, 0.4) is 0 Å². The molecule has 1 fully saturated rings. The summed E-state index contributed by atoms with van der Waals surface area (Å²) >= 11 is 0. The predicted molar refractivity (Wildman–Crippen MR) is 97.2 cm³/mol. The number of hydrogen-bond donors (Lipinski definition) is 2. The third kappa shape index (κ3) is 4.80. The molecule has 0 atom stereocenters. The van der Waals surface area contributed by atoms with Crippen molar-refractivity contribution in [3.05, 3.63) is 42.2 Å². The molecular weight excluding hydrogens is 318 g/mol. The molecule has 3 rings (SSSR count). The molecule has 134 valence electrons. The summed E-state index contributed by atoms with van der Waals surface area (Å²) < 4.78 is 7.25. The molecule has 1 aromatic carbocycles. The number of carbonyl (C=O) groups is 1. The fraction of sp³-hybridized carbons (Fsp3) is 0.444. The van der Waals surface area contributed by atoms with Crippen molar-refractivity contribution >= 4 is 11.7 Å². The number of para-hydroxylation sites is 2. The molecule has 0 saturated carbocycles. The minimum atomic E-state index is -0.205. The van der Waals surface area contributed by atoms with Crippen molar-refractivity contribution in [3.63, 3.8) is 0 Å². The van der Waals surface area contributed by atoms with Gasteiger partial charge in [-0.15, -0.1) is 0 Å². The van der Waals surface area contributed by atoms with Gasteiger partial charge in [0.25, 0.3) is 0 Å². The van der Waals surface area contributed by atoms with Crippen LogP contribution in [-0.4, -0.2) is 60.1 Å². The second-order valence-electron chi connectivity index (χ2n) is 6.09. The summed E-state index contributed by atoms with van der Waals surface area (Å²) in [5.41, 5.74) is 2.60. The zero-order valence-electron chi connectivity index (χ0n) is 14.6. The van der Waals surface area contributed by atoms with Gasteiger partial charge in [-0.25, -0.2) is 9.48 Å². The van der Waals surface area contributed by atoms with Gasteiger partial charge in [0.1, 0.15) is 0 Å². The molecular formula is C18H25N5O2. The third-order valence-electron chi connectivity index (χ3n) is 4.24. The summed E-state index contributed by atoms with van der Waals surface area (Å²) in [5.74, 6) is 0. The minimum absolute atomic E-state index is 0.205. The quantitative estimate of drug-likeness (QED) is 0.871. The van der Waals surface area contributed by atoms with Crippen molar-refractivity contribution in [2.24, 2.45) is 0 Å². The van der Waals surface area contributed by atoms with E-state index in [-0.39, 0.29) is 6.03 Å². The normalized spacial score (nSPS) is 15.6. The van der Waals surface area contributed by atoms with Crippen molar-refractivity contribution in [1.82, 2.24) is 20.0 Å². The minimum Gasteiger partial charge on any atom is -0.380 e. The molecule has 25 heavy (non-hydrogen) atoms. The van der Waals surface area contributed by atoms with Crippen molar-refractivity contribution in [3.8, 4) is 5.69 Å². The van der Waals surface area contributed by atoms with Crippen LogP contribution in [0.1, 0.15) is 12.1 Å². The number of nitrogens with one attached hydrogen (secondary N) is 2. The largest absolute Gasteiger partial charge is 0.380 e. The van der Waals surface area contributed by atoms with Gasteiger partial charge in [-0.3, -0.25) is 4.90 Å². The highest BCUT2D eigenvalue weighted by Crippen LogP contribution is 2.20. The Morgan fingerprint density at radius 3 is 2.96 bits per heavy atom. The Morgan fingerprint density at radius 2 is 2.12 bits per heavy atom. The van der Waals surface area contributed by atoms with E-state index in [0.29, 0.717) is 6.54 Å². The average Bonchev–Trinajstić information content (AvgIpc) is 2.87. The number of rotatable bonds is 5. The molecule has 0 aliphatic carbocycles. The Hall–Kier alpha value is -2.38. The van der Waals surface area contributed by atoms with Crippen LogP contribution in [0, 0.1) is 6.92 Å². The Kier molecular flexibility index (Phi) is 6.03. The number of urea groups is 1. The first kappa shape index (κ1) is 17.4. The highest BCUT2D eigenvalue weighted by Gasteiger charge is 2.11. The molecule has 1 saturated heterocycles. The maximum atomic E-state index is 12.2. The number of aromatic nitrogens is 2. The van der Waals surface area contributed by atoms with Gasteiger partial charge in [0, 0.05) is 44.7 Å². The molecule has 7 heteroatoms. The van der Waals surface area contributed by atoms with E-state index < -0.39 is 0 Å². The lowest BCUT2D eigenvalue weighted by molar-refractivity contribution is 0.141. The van der Waals surface area contributed by atoms with Gasteiger partial charge in [-0.05, 0) is 31.5 Å². The Bertz CT molecular complexity index is 692. The van der Waals surface area contributed by atoms with Crippen molar-refractivity contribution in [2.75, 3.05) is 44.7 Å². The maximum Gasteiger partial charge on any atom is 0.319 e. The monoisotopic (exact) mass is 343 g/mol. The molecule has 0 radical (unpaired) electrons. The van der Waals surface area contributed by atoms with Crippen LogP contribution in [0.5, 0.6) is 0 Å². The number of carbonyl (C=O) groups excluding carboxylic acids is 1. The molecule has 1 aliphatic rings. The van der Waals surface area contributed by atoms with E-state index in [2.05, 4.69) is 20.6 Å². The van der Waals surface area contributed by atoms with Crippen molar-refractivity contribution < 1.29 is 9.53 Å². The molecule has 0 bridgehead atoms. The van der Waals surface area contributed by atoms with E-state index in [1.54, 1.807) is 6.20 Å². The Labute approximate surface area is 148 Å². The molecule has 1 aromatic heterocycles. The number of ether oxygens (including phenoxy) is 1. The summed E-state index contributed by atoms with van der Waals surface area (Å²) in [6.45, 7) is 6.95. The van der Waals surface area contributed by atoms with E-state index in [0.717, 1.165) is 56.3 Å². The van der Waals surface area contributed by atoms with Crippen molar-refractivity contribution in [2.45, 2.75) is 13.3 Å². The lowest BCUT2D eigenvalue weighted by Gasteiger charge is -2.19. The SMILES string of the molecule is Cc1ccnn1-c1ccccc1NC(=O)NCCN1CCCOCC1. The lowest BCUT2D eigenvalue weighted by atomic mass is 10.2. The van der Waals surface area contributed by atoms with Gasteiger partial charge in [0.05, 0.1) is 18.0 Å². The van der Waals surface area contributed by atoms with Gasteiger partial charge >= 0.3 is 6.03 Å². The fourth-order valence-corrected chi connectivity index (χ4v) is 2.90. The second-order valence-corrected chi connectivity index (χ2v) is 6.09. The number of anilines is 1. The third-order valence-corrected chi connectivity index (χ3v) is 4.24. The van der Waals surface area contributed by atoms with Crippen LogP contribution >= 0.6 is 0 Å². The van der Waals surface area contributed by atoms with Crippen LogP contribution in [0.15, 0.2) is 36.5 Å². The van der Waals surface area contributed by atoms with Crippen LogP contribution in [0.25, 0.3) is 5.69 Å². The number of aryl methyl sites for hydroxylation is 1. The van der Waals surface area contributed by atoms with Crippen LogP contribution in [0.2, 0.25) is 0 Å². The zero-order valence-corrected chi connectivity index (χ0v) is 14.6. The van der Waals surface area contributed by atoms with Crippen LogP contribution in [-0.2, 0) is 4.74 Å². The fourth-order valence-electron chi connectivity index (χ4n) is 2.90. The molecule has 2 amide bonds. The number of benzene rings is 1. The Balaban J connectivity index is 1.54. The molecule has 7 nitrogen and oxygen atoms in total. The average molecular weight is 343 g/mol. The molecule has 2 N–H and O–H groups in total. The molecule has 2 aromatic rings. The van der Waals surface area contributed by atoms with Crippen LogP contribution < -0.4 is 10.6 Å². The molecule has 2 heterocycles. The smallest absolute Gasteiger partial charge is 0.319 e. The molecule has 0 unspecified atom stereocenters. The van der Waals surface area contributed by atoms with E-state index in [9.17, 15) is 4.79 Å². The van der Waals surface area contributed by atoms with Crippen LogP contribution in [0.4, 0.5) is 10.5 Å². The van der Waals surface area contributed by atoms with Gasteiger partial charge in [-0.2, -0.15) is 5.10 Å². The number of amides is 2.